The number of halogens is 1. The predicted molar refractivity (Wildman–Crippen MR) is 69.4 cm³/mol. The van der Waals surface area contributed by atoms with Gasteiger partial charge < -0.3 is 11.1 Å². The fraction of sp³-hybridized carbons (Fsp3) is 0.500. The Morgan fingerprint density at radius 2 is 2.25 bits per heavy atom. The first-order chi connectivity index (χ1) is 7.70. The van der Waals surface area contributed by atoms with Gasteiger partial charge in [0.2, 0.25) is 0 Å². The predicted octanol–water partition coefficient (Wildman–Crippen LogP) is 3.10. The van der Waals surface area contributed by atoms with Crippen LogP contribution in [-0.2, 0) is 0 Å². The monoisotopic (exact) mass is 240 g/mol. The third kappa shape index (κ3) is 2.43. The van der Waals surface area contributed by atoms with Crippen molar-refractivity contribution >= 4 is 23.1 Å². The second-order valence-corrected chi connectivity index (χ2v) is 5.35. The van der Waals surface area contributed by atoms with Gasteiger partial charge in [-0.3, -0.25) is 0 Å². The maximum atomic E-state index is 13.2. The lowest BCUT2D eigenvalue weighted by Crippen LogP contribution is -2.17. The summed E-state index contributed by atoms with van der Waals surface area (Å²) >= 11 is 1.91. The van der Waals surface area contributed by atoms with Crippen molar-refractivity contribution in [3.8, 4) is 0 Å². The Kier molecular flexibility index (Phi) is 3.59. The van der Waals surface area contributed by atoms with Crippen molar-refractivity contribution in [3.05, 3.63) is 24.0 Å². The Morgan fingerprint density at radius 3 is 2.94 bits per heavy atom. The van der Waals surface area contributed by atoms with Gasteiger partial charge in [0.05, 0.1) is 11.4 Å². The van der Waals surface area contributed by atoms with E-state index in [1.165, 1.54) is 12.5 Å². The molecule has 4 heteroatoms. The quantitative estimate of drug-likeness (QED) is 0.797. The van der Waals surface area contributed by atoms with E-state index in [9.17, 15) is 4.39 Å². The summed E-state index contributed by atoms with van der Waals surface area (Å²) in [5.74, 6) is -0.343. The Morgan fingerprint density at radius 1 is 1.44 bits per heavy atom. The van der Waals surface area contributed by atoms with Crippen molar-refractivity contribution in [3.63, 3.8) is 0 Å². The summed E-state index contributed by atoms with van der Waals surface area (Å²) in [4.78, 5) is 0. The first kappa shape index (κ1) is 11.6. The van der Waals surface area contributed by atoms with E-state index >= 15 is 0 Å². The minimum Gasteiger partial charge on any atom is -0.395 e. The highest BCUT2D eigenvalue weighted by molar-refractivity contribution is 7.99. The van der Waals surface area contributed by atoms with E-state index in [4.69, 9.17) is 5.73 Å². The molecular formula is C12H17FN2S. The second-order valence-electron chi connectivity index (χ2n) is 4.21. The molecule has 0 saturated heterocycles. The molecule has 1 saturated carbocycles. The van der Waals surface area contributed by atoms with Crippen molar-refractivity contribution in [1.29, 1.82) is 0 Å². The van der Waals surface area contributed by atoms with Crippen LogP contribution in [-0.4, -0.2) is 17.5 Å². The summed E-state index contributed by atoms with van der Waals surface area (Å²) in [7, 11) is 0. The van der Waals surface area contributed by atoms with E-state index in [2.05, 4.69) is 11.6 Å². The number of anilines is 2. The molecule has 1 aliphatic carbocycles. The molecule has 2 unspecified atom stereocenters. The third-order valence-electron chi connectivity index (χ3n) is 3.13. The molecule has 0 spiro atoms. The highest BCUT2D eigenvalue weighted by Crippen LogP contribution is 2.31. The standard InChI is InChI=1S/C12H17FN2S/c1-16-9-6-5-8(7-9)15-11-4-2-3-10(13)12(11)14/h2-4,8-9,15H,5-7,14H2,1H3. The van der Waals surface area contributed by atoms with Gasteiger partial charge in [-0.15, -0.1) is 0 Å². The number of hydrogen-bond donors (Lipinski definition) is 2. The minimum absolute atomic E-state index is 0.232. The summed E-state index contributed by atoms with van der Waals surface area (Å²) < 4.78 is 13.2. The number of nitrogens with two attached hydrogens (primary N) is 1. The molecule has 0 radical (unpaired) electrons. The number of nitrogen functional groups attached to an aromatic ring is 1. The summed E-state index contributed by atoms with van der Waals surface area (Å²) in [6.07, 6.45) is 5.65. The Labute approximate surface area is 99.8 Å². The van der Waals surface area contributed by atoms with E-state index in [0.29, 0.717) is 6.04 Å². The van der Waals surface area contributed by atoms with Gasteiger partial charge in [0.1, 0.15) is 5.82 Å². The molecule has 2 nitrogen and oxygen atoms in total. The molecule has 1 aliphatic rings. The number of rotatable bonds is 3. The van der Waals surface area contributed by atoms with Gasteiger partial charge in [0.15, 0.2) is 0 Å². The maximum Gasteiger partial charge on any atom is 0.148 e. The fourth-order valence-corrected chi connectivity index (χ4v) is 2.96. The molecule has 0 aliphatic heterocycles. The van der Waals surface area contributed by atoms with Crippen molar-refractivity contribution in [2.24, 2.45) is 0 Å². The van der Waals surface area contributed by atoms with Gasteiger partial charge in [0.25, 0.3) is 0 Å². The summed E-state index contributed by atoms with van der Waals surface area (Å²) in [6, 6.07) is 5.35. The van der Waals surface area contributed by atoms with Crippen molar-refractivity contribution in [1.82, 2.24) is 0 Å². The normalized spacial score (nSPS) is 24.6. The molecule has 1 fully saturated rings. The van der Waals surface area contributed by atoms with Gasteiger partial charge in [-0.05, 0) is 37.7 Å². The molecule has 0 bridgehead atoms. The Balaban J connectivity index is 2.02. The maximum absolute atomic E-state index is 13.2. The minimum atomic E-state index is -0.343. The van der Waals surface area contributed by atoms with Gasteiger partial charge in [0, 0.05) is 11.3 Å². The Hall–Kier alpha value is -0.900. The number of hydrogen-bond acceptors (Lipinski definition) is 3. The molecule has 1 aromatic rings. The largest absolute Gasteiger partial charge is 0.395 e. The lowest BCUT2D eigenvalue weighted by Gasteiger charge is -2.16. The lowest BCUT2D eigenvalue weighted by atomic mass is 10.2. The molecule has 88 valence electrons. The van der Waals surface area contributed by atoms with Crippen LogP contribution in [0.4, 0.5) is 15.8 Å². The van der Waals surface area contributed by atoms with Crippen LogP contribution in [0.2, 0.25) is 0 Å². The van der Waals surface area contributed by atoms with Gasteiger partial charge in [-0.1, -0.05) is 6.07 Å². The van der Waals surface area contributed by atoms with Crippen LogP contribution in [0.1, 0.15) is 19.3 Å². The zero-order chi connectivity index (χ0) is 11.5. The number of nitrogens with one attached hydrogen (secondary N) is 1. The molecule has 0 heterocycles. The molecule has 0 amide bonds. The van der Waals surface area contributed by atoms with E-state index in [1.807, 2.05) is 17.8 Å². The first-order valence-corrected chi connectivity index (χ1v) is 6.83. The van der Waals surface area contributed by atoms with E-state index in [-0.39, 0.29) is 11.5 Å². The van der Waals surface area contributed by atoms with Crippen molar-refractivity contribution in [2.75, 3.05) is 17.3 Å². The molecular weight excluding hydrogens is 223 g/mol. The zero-order valence-electron chi connectivity index (χ0n) is 9.37. The van der Waals surface area contributed by atoms with Crippen LogP contribution in [0.5, 0.6) is 0 Å². The SMILES string of the molecule is CSC1CCC(Nc2cccc(F)c2N)C1. The van der Waals surface area contributed by atoms with Crippen LogP contribution in [0.3, 0.4) is 0 Å². The summed E-state index contributed by atoms with van der Waals surface area (Å²) in [5, 5.41) is 4.06. The van der Waals surface area contributed by atoms with Crippen LogP contribution in [0.15, 0.2) is 18.2 Å². The number of thioether (sulfide) groups is 1. The molecule has 3 N–H and O–H groups in total. The lowest BCUT2D eigenvalue weighted by molar-refractivity contribution is 0.632. The van der Waals surface area contributed by atoms with E-state index in [1.54, 1.807) is 6.07 Å². The van der Waals surface area contributed by atoms with Gasteiger partial charge >= 0.3 is 0 Å². The average molecular weight is 240 g/mol. The van der Waals surface area contributed by atoms with Gasteiger partial charge in [-0.25, -0.2) is 4.39 Å². The highest BCUT2D eigenvalue weighted by atomic mass is 32.2. The van der Waals surface area contributed by atoms with Crippen molar-refractivity contribution in [2.45, 2.75) is 30.6 Å². The third-order valence-corrected chi connectivity index (χ3v) is 4.23. The topological polar surface area (TPSA) is 38.0 Å². The smallest absolute Gasteiger partial charge is 0.148 e. The molecule has 16 heavy (non-hydrogen) atoms. The first-order valence-electron chi connectivity index (χ1n) is 5.54. The van der Waals surface area contributed by atoms with E-state index < -0.39 is 0 Å². The molecule has 2 rings (SSSR count). The second kappa shape index (κ2) is 4.95. The van der Waals surface area contributed by atoms with Gasteiger partial charge in [-0.2, -0.15) is 11.8 Å². The number of benzene rings is 1. The average Bonchev–Trinajstić information content (AvgIpc) is 2.73. The summed E-state index contributed by atoms with van der Waals surface area (Å²) in [6.45, 7) is 0. The van der Waals surface area contributed by atoms with Crippen LogP contribution >= 0.6 is 11.8 Å². The van der Waals surface area contributed by atoms with Crippen LogP contribution < -0.4 is 11.1 Å². The fourth-order valence-electron chi connectivity index (χ4n) is 2.17. The zero-order valence-corrected chi connectivity index (χ0v) is 10.2. The Bertz CT molecular complexity index is 370. The highest BCUT2D eigenvalue weighted by Gasteiger charge is 2.24. The van der Waals surface area contributed by atoms with E-state index in [0.717, 1.165) is 23.8 Å². The van der Waals surface area contributed by atoms with Crippen LogP contribution in [0, 0.1) is 5.82 Å². The van der Waals surface area contributed by atoms with Crippen LogP contribution in [0.25, 0.3) is 0 Å². The summed E-state index contributed by atoms with van der Waals surface area (Å²) in [5.41, 5.74) is 6.65. The molecule has 0 aromatic heterocycles. The molecule has 2 atom stereocenters. The number of para-hydroxylation sites is 1. The molecule has 1 aromatic carbocycles. The van der Waals surface area contributed by atoms with Crippen molar-refractivity contribution < 1.29 is 4.39 Å².